The Hall–Kier alpha value is -1.36. The van der Waals surface area contributed by atoms with Gasteiger partial charge in [0, 0.05) is 30.5 Å². The van der Waals surface area contributed by atoms with Gasteiger partial charge in [0.15, 0.2) is 0 Å². The summed E-state index contributed by atoms with van der Waals surface area (Å²) in [5, 5.41) is 2.91. The second kappa shape index (κ2) is 8.32. The van der Waals surface area contributed by atoms with Crippen molar-refractivity contribution in [1.29, 1.82) is 0 Å². The van der Waals surface area contributed by atoms with Crippen LogP contribution in [0.3, 0.4) is 0 Å². The molecule has 0 saturated heterocycles. The smallest absolute Gasteiger partial charge is 0.224 e. The van der Waals surface area contributed by atoms with Gasteiger partial charge in [-0.15, -0.1) is 0 Å². The first-order valence-electron chi connectivity index (χ1n) is 7.84. The molecule has 0 spiro atoms. The van der Waals surface area contributed by atoms with Gasteiger partial charge in [0.25, 0.3) is 0 Å². The Morgan fingerprint density at radius 3 is 2.68 bits per heavy atom. The van der Waals surface area contributed by atoms with E-state index < -0.39 is 0 Å². The number of carbonyl (C=O) groups excluding carboxylic acids is 2. The molecule has 0 bridgehead atoms. The second-order valence-corrected chi connectivity index (χ2v) is 6.72. The largest absolute Gasteiger partial charge is 0.354 e. The van der Waals surface area contributed by atoms with E-state index in [4.69, 9.17) is 0 Å². The van der Waals surface area contributed by atoms with Crippen LogP contribution >= 0.6 is 15.9 Å². The fourth-order valence-electron chi connectivity index (χ4n) is 3.02. The molecule has 4 nitrogen and oxygen atoms in total. The second-order valence-electron chi connectivity index (χ2n) is 5.81. The number of halogens is 1. The molecular formula is C17H23BrN2O2. The summed E-state index contributed by atoms with van der Waals surface area (Å²) in [6, 6.07) is 8.10. The minimum Gasteiger partial charge on any atom is -0.354 e. The number of hydrogen-bond donors (Lipinski definition) is 1. The fourth-order valence-corrected chi connectivity index (χ4v) is 3.47. The highest BCUT2D eigenvalue weighted by Gasteiger charge is 2.24. The molecule has 5 heteroatoms. The van der Waals surface area contributed by atoms with Crippen molar-refractivity contribution in [3.63, 3.8) is 0 Å². The van der Waals surface area contributed by atoms with Crippen molar-refractivity contribution in [1.82, 2.24) is 10.2 Å². The Morgan fingerprint density at radius 1 is 1.32 bits per heavy atom. The van der Waals surface area contributed by atoms with Gasteiger partial charge in [0.05, 0.1) is 6.42 Å². The molecule has 1 saturated carbocycles. The minimum absolute atomic E-state index is 0.00646. The molecule has 0 atom stereocenters. The zero-order chi connectivity index (χ0) is 15.9. The molecule has 0 radical (unpaired) electrons. The summed E-state index contributed by atoms with van der Waals surface area (Å²) < 4.78 is 0.974. The van der Waals surface area contributed by atoms with Crippen LogP contribution in [-0.4, -0.2) is 35.8 Å². The molecule has 1 aliphatic rings. The summed E-state index contributed by atoms with van der Waals surface area (Å²) in [4.78, 5) is 25.6. The Morgan fingerprint density at radius 2 is 2.05 bits per heavy atom. The predicted molar refractivity (Wildman–Crippen MR) is 90.5 cm³/mol. The van der Waals surface area contributed by atoms with Gasteiger partial charge in [0.2, 0.25) is 11.8 Å². The van der Waals surface area contributed by atoms with Crippen LogP contribution in [0.5, 0.6) is 0 Å². The van der Waals surface area contributed by atoms with E-state index in [0.717, 1.165) is 22.9 Å². The van der Waals surface area contributed by atoms with Crippen LogP contribution in [-0.2, 0) is 16.0 Å². The topological polar surface area (TPSA) is 49.4 Å². The third-order valence-corrected chi connectivity index (χ3v) is 4.59. The number of nitrogens with one attached hydrogen (secondary N) is 1. The van der Waals surface area contributed by atoms with Crippen LogP contribution in [0, 0.1) is 0 Å². The van der Waals surface area contributed by atoms with Crippen molar-refractivity contribution in [2.45, 2.75) is 45.1 Å². The summed E-state index contributed by atoms with van der Waals surface area (Å²) in [6.07, 6.45) is 4.94. The summed E-state index contributed by atoms with van der Waals surface area (Å²) >= 11 is 3.40. The lowest BCUT2D eigenvalue weighted by Gasteiger charge is -2.27. The van der Waals surface area contributed by atoms with Crippen molar-refractivity contribution < 1.29 is 9.59 Å². The van der Waals surface area contributed by atoms with E-state index in [1.807, 2.05) is 29.2 Å². The predicted octanol–water partition coefficient (Wildman–Crippen LogP) is 2.90. The average Bonchev–Trinajstić information content (AvgIpc) is 2.97. The molecule has 1 aliphatic carbocycles. The lowest BCUT2D eigenvalue weighted by Crippen LogP contribution is -2.42. The SMILES string of the molecule is CC(=O)N(CCNC(=O)Cc1cccc(Br)c1)C1CCCC1. The standard InChI is InChI=1S/C17H23BrN2O2/c1-13(21)20(16-7-2-3-8-16)10-9-19-17(22)12-14-5-4-6-15(18)11-14/h4-6,11,16H,2-3,7-10,12H2,1H3,(H,19,22). The number of hydrogen-bond acceptors (Lipinski definition) is 2. The normalized spacial score (nSPS) is 14.8. The third kappa shape index (κ3) is 5.13. The lowest BCUT2D eigenvalue weighted by atomic mass is 10.1. The maximum Gasteiger partial charge on any atom is 0.224 e. The molecule has 2 amide bonds. The van der Waals surface area contributed by atoms with Gasteiger partial charge in [0.1, 0.15) is 0 Å². The van der Waals surface area contributed by atoms with Gasteiger partial charge in [-0.3, -0.25) is 9.59 Å². The van der Waals surface area contributed by atoms with Gasteiger partial charge in [-0.05, 0) is 30.5 Å². The van der Waals surface area contributed by atoms with E-state index in [-0.39, 0.29) is 11.8 Å². The summed E-state index contributed by atoms with van der Waals surface area (Å²) in [7, 11) is 0. The van der Waals surface area contributed by atoms with Crippen molar-refractivity contribution >= 4 is 27.7 Å². The molecule has 2 rings (SSSR count). The molecule has 22 heavy (non-hydrogen) atoms. The molecular weight excluding hydrogens is 344 g/mol. The molecule has 1 N–H and O–H groups in total. The Labute approximate surface area is 140 Å². The van der Waals surface area contributed by atoms with Gasteiger partial charge in [-0.1, -0.05) is 40.9 Å². The van der Waals surface area contributed by atoms with E-state index in [9.17, 15) is 9.59 Å². The maximum absolute atomic E-state index is 12.0. The third-order valence-electron chi connectivity index (χ3n) is 4.10. The van der Waals surface area contributed by atoms with Crippen molar-refractivity contribution in [3.05, 3.63) is 34.3 Å². The van der Waals surface area contributed by atoms with Crippen LogP contribution in [0.2, 0.25) is 0 Å². The zero-order valence-corrected chi connectivity index (χ0v) is 14.6. The first-order valence-corrected chi connectivity index (χ1v) is 8.64. The van der Waals surface area contributed by atoms with Crippen molar-refractivity contribution in [2.24, 2.45) is 0 Å². The number of benzene rings is 1. The quantitative estimate of drug-likeness (QED) is 0.841. The summed E-state index contributed by atoms with van der Waals surface area (Å²) in [6.45, 7) is 2.73. The Kier molecular flexibility index (Phi) is 6.43. The first-order chi connectivity index (χ1) is 10.6. The van der Waals surface area contributed by atoms with E-state index in [0.29, 0.717) is 25.6 Å². The molecule has 1 aromatic carbocycles. The number of amides is 2. The Bertz CT molecular complexity index is 527. The summed E-state index contributed by atoms with van der Waals surface area (Å²) in [5.74, 6) is 0.0983. The lowest BCUT2D eigenvalue weighted by molar-refractivity contribution is -0.131. The molecule has 1 aromatic rings. The minimum atomic E-state index is -0.00646. The van der Waals surface area contributed by atoms with E-state index >= 15 is 0 Å². The average molecular weight is 367 g/mol. The highest BCUT2D eigenvalue weighted by Crippen LogP contribution is 2.23. The Balaban J connectivity index is 1.76. The monoisotopic (exact) mass is 366 g/mol. The van der Waals surface area contributed by atoms with E-state index in [1.165, 1.54) is 12.8 Å². The zero-order valence-electron chi connectivity index (χ0n) is 13.0. The molecule has 1 fully saturated rings. The molecule has 0 aromatic heterocycles. The molecule has 120 valence electrons. The van der Waals surface area contributed by atoms with Gasteiger partial charge >= 0.3 is 0 Å². The molecule has 0 heterocycles. The number of rotatable bonds is 6. The fraction of sp³-hybridized carbons (Fsp3) is 0.529. The molecule has 0 aliphatic heterocycles. The number of nitrogens with zero attached hydrogens (tertiary/aromatic N) is 1. The van der Waals surface area contributed by atoms with Crippen molar-refractivity contribution in [2.75, 3.05) is 13.1 Å². The van der Waals surface area contributed by atoms with Crippen LogP contribution in [0.15, 0.2) is 28.7 Å². The first kappa shape index (κ1) is 17.0. The number of carbonyl (C=O) groups is 2. The van der Waals surface area contributed by atoms with Crippen LogP contribution in [0.1, 0.15) is 38.2 Å². The van der Waals surface area contributed by atoms with Gasteiger partial charge in [-0.2, -0.15) is 0 Å². The summed E-state index contributed by atoms with van der Waals surface area (Å²) in [5.41, 5.74) is 0.978. The van der Waals surface area contributed by atoms with E-state index in [2.05, 4.69) is 21.2 Å². The van der Waals surface area contributed by atoms with Crippen molar-refractivity contribution in [3.8, 4) is 0 Å². The van der Waals surface area contributed by atoms with Crippen LogP contribution in [0.25, 0.3) is 0 Å². The maximum atomic E-state index is 12.0. The van der Waals surface area contributed by atoms with E-state index in [1.54, 1.807) is 6.92 Å². The van der Waals surface area contributed by atoms with Gasteiger partial charge < -0.3 is 10.2 Å². The van der Waals surface area contributed by atoms with Gasteiger partial charge in [-0.25, -0.2) is 0 Å². The highest BCUT2D eigenvalue weighted by atomic mass is 79.9. The molecule has 0 unspecified atom stereocenters. The van der Waals surface area contributed by atoms with Crippen LogP contribution < -0.4 is 5.32 Å². The van der Waals surface area contributed by atoms with Crippen LogP contribution in [0.4, 0.5) is 0 Å². The highest BCUT2D eigenvalue weighted by molar-refractivity contribution is 9.10.